The van der Waals surface area contributed by atoms with Gasteiger partial charge in [-0.2, -0.15) is 0 Å². The molecule has 2 aromatic carbocycles. The van der Waals surface area contributed by atoms with E-state index in [0.717, 1.165) is 27.4 Å². The minimum absolute atomic E-state index is 0.207. The molecule has 0 atom stereocenters. The van der Waals surface area contributed by atoms with Crippen molar-refractivity contribution >= 4 is 60.8 Å². The first-order valence-electron chi connectivity index (χ1n) is 9.84. The van der Waals surface area contributed by atoms with Crippen LogP contribution in [0.3, 0.4) is 0 Å². The van der Waals surface area contributed by atoms with Gasteiger partial charge in [-0.1, -0.05) is 34.1 Å². The zero-order valence-electron chi connectivity index (χ0n) is 17.5. The predicted octanol–water partition coefficient (Wildman–Crippen LogP) is 6.43. The van der Waals surface area contributed by atoms with Gasteiger partial charge >= 0.3 is 0 Å². The van der Waals surface area contributed by atoms with Crippen LogP contribution in [0.15, 0.2) is 74.8 Å². The van der Waals surface area contributed by atoms with Crippen LogP contribution in [-0.4, -0.2) is 28.1 Å². The summed E-state index contributed by atoms with van der Waals surface area (Å²) < 4.78 is 13.0. The number of carbonyl (C=O) groups is 2. The summed E-state index contributed by atoms with van der Waals surface area (Å²) in [6.07, 6.45) is 5.10. The van der Waals surface area contributed by atoms with Gasteiger partial charge in [0.15, 0.2) is 11.5 Å². The van der Waals surface area contributed by atoms with Crippen LogP contribution < -0.4 is 9.47 Å². The zero-order chi connectivity index (χ0) is 23.4. The van der Waals surface area contributed by atoms with Crippen LogP contribution in [0.2, 0.25) is 0 Å². The van der Waals surface area contributed by atoms with Crippen molar-refractivity contribution in [2.75, 3.05) is 7.11 Å². The maximum Gasteiger partial charge on any atom is 0.293 e. The summed E-state index contributed by atoms with van der Waals surface area (Å²) in [5.41, 5.74) is 2.55. The largest absolute Gasteiger partial charge is 0.493 e. The first kappa shape index (κ1) is 23.5. The van der Waals surface area contributed by atoms with E-state index >= 15 is 0 Å². The minimum atomic E-state index is -0.325. The highest BCUT2D eigenvalue weighted by Crippen LogP contribution is 2.40. The monoisotopic (exact) mass is 588 g/mol. The lowest BCUT2D eigenvalue weighted by Gasteiger charge is -2.14. The van der Waals surface area contributed by atoms with E-state index in [-0.39, 0.29) is 17.7 Å². The Balaban J connectivity index is 1.54. The number of pyridine rings is 1. The van der Waals surface area contributed by atoms with Gasteiger partial charge in [-0.05, 0) is 80.8 Å². The Kier molecular flexibility index (Phi) is 7.52. The number of ether oxygens (including phenoxy) is 2. The Morgan fingerprint density at radius 1 is 1.06 bits per heavy atom. The summed E-state index contributed by atoms with van der Waals surface area (Å²) in [5.74, 6) is 0.736. The lowest BCUT2D eigenvalue weighted by Crippen LogP contribution is -2.27. The van der Waals surface area contributed by atoms with Gasteiger partial charge in [0.25, 0.3) is 11.1 Å². The Morgan fingerprint density at radius 2 is 1.82 bits per heavy atom. The van der Waals surface area contributed by atoms with E-state index in [4.69, 9.17) is 9.47 Å². The second-order valence-electron chi connectivity index (χ2n) is 7.04. The Hall–Kier alpha value is -2.62. The second kappa shape index (κ2) is 10.5. The summed E-state index contributed by atoms with van der Waals surface area (Å²) in [4.78, 5) is 31.0. The fraction of sp³-hybridized carbons (Fsp3) is 0.125. The van der Waals surface area contributed by atoms with Crippen LogP contribution in [0.25, 0.3) is 6.08 Å². The maximum absolute atomic E-state index is 12.9. The molecule has 0 saturated carbocycles. The van der Waals surface area contributed by atoms with Crippen molar-refractivity contribution in [3.63, 3.8) is 0 Å². The van der Waals surface area contributed by atoms with Crippen molar-refractivity contribution in [1.82, 2.24) is 9.88 Å². The summed E-state index contributed by atoms with van der Waals surface area (Å²) in [5, 5.41) is -0.301. The van der Waals surface area contributed by atoms with Crippen LogP contribution >= 0.6 is 43.6 Å². The van der Waals surface area contributed by atoms with E-state index in [1.165, 1.54) is 4.90 Å². The third kappa shape index (κ3) is 5.48. The third-order valence-electron chi connectivity index (χ3n) is 4.84. The van der Waals surface area contributed by atoms with Crippen LogP contribution in [0.1, 0.15) is 16.7 Å². The SMILES string of the molecule is COc1cc(/C=C2\SC(=O)N(Cc3ccccc3Br)C2=O)cc(Br)c1OCc1ccncc1. The molecule has 0 radical (unpaired) electrons. The molecule has 9 heteroatoms. The Bertz CT molecular complexity index is 1230. The smallest absolute Gasteiger partial charge is 0.293 e. The van der Waals surface area contributed by atoms with Crippen LogP contribution in [0, 0.1) is 0 Å². The van der Waals surface area contributed by atoms with Gasteiger partial charge in [0.05, 0.1) is 23.0 Å². The van der Waals surface area contributed by atoms with Crippen LogP contribution in [0.5, 0.6) is 11.5 Å². The molecule has 2 heterocycles. The first-order chi connectivity index (χ1) is 16.0. The molecule has 4 rings (SSSR count). The van der Waals surface area contributed by atoms with Crippen molar-refractivity contribution in [2.24, 2.45) is 0 Å². The summed E-state index contributed by atoms with van der Waals surface area (Å²) >= 11 is 7.92. The van der Waals surface area contributed by atoms with E-state index in [1.807, 2.05) is 42.5 Å². The van der Waals surface area contributed by atoms with Gasteiger partial charge in [0, 0.05) is 16.9 Å². The van der Waals surface area contributed by atoms with Gasteiger partial charge < -0.3 is 9.47 Å². The van der Waals surface area contributed by atoms with Crippen molar-refractivity contribution in [1.29, 1.82) is 0 Å². The number of nitrogens with zero attached hydrogens (tertiary/aromatic N) is 2. The van der Waals surface area contributed by atoms with E-state index in [1.54, 1.807) is 31.6 Å². The number of rotatable bonds is 7. The molecular formula is C24H18Br2N2O4S. The molecule has 1 aliphatic heterocycles. The van der Waals surface area contributed by atoms with Crippen molar-refractivity contribution in [3.05, 3.63) is 91.5 Å². The lowest BCUT2D eigenvalue weighted by atomic mass is 10.1. The number of hydrogen-bond donors (Lipinski definition) is 0. The number of thioether (sulfide) groups is 1. The highest BCUT2D eigenvalue weighted by Gasteiger charge is 2.35. The molecule has 168 valence electrons. The fourth-order valence-corrected chi connectivity index (χ4v) is 5.00. The lowest BCUT2D eigenvalue weighted by molar-refractivity contribution is -0.123. The molecule has 0 aliphatic carbocycles. The highest BCUT2D eigenvalue weighted by molar-refractivity contribution is 9.10. The first-order valence-corrected chi connectivity index (χ1v) is 12.2. The molecule has 0 N–H and O–H groups in total. The highest BCUT2D eigenvalue weighted by atomic mass is 79.9. The maximum atomic E-state index is 12.9. The molecule has 0 spiro atoms. The van der Waals surface area contributed by atoms with Crippen LogP contribution in [-0.2, 0) is 17.9 Å². The standard InChI is InChI=1S/C24H18Br2N2O4S/c1-31-20-11-16(10-19(26)22(20)32-14-15-6-8-27-9-7-15)12-21-23(29)28(24(30)33-21)13-17-4-2-3-5-18(17)25/h2-12H,13-14H2,1H3/b21-12-. The number of hydrogen-bond acceptors (Lipinski definition) is 6. The third-order valence-corrected chi connectivity index (χ3v) is 7.11. The average molecular weight is 590 g/mol. The van der Waals surface area contributed by atoms with E-state index in [9.17, 15) is 9.59 Å². The molecular weight excluding hydrogens is 572 g/mol. The molecule has 33 heavy (non-hydrogen) atoms. The zero-order valence-corrected chi connectivity index (χ0v) is 21.4. The Morgan fingerprint density at radius 3 is 2.55 bits per heavy atom. The van der Waals surface area contributed by atoms with E-state index in [2.05, 4.69) is 36.8 Å². The number of benzene rings is 2. The van der Waals surface area contributed by atoms with Gasteiger partial charge in [0.1, 0.15) is 6.61 Å². The number of halogens is 2. The molecule has 0 bridgehead atoms. The van der Waals surface area contributed by atoms with E-state index in [0.29, 0.717) is 33.0 Å². The molecule has 1 saturated heterocycles. The van der Waals surface area contributed by atoms with Crippen LogP contribution in [0.4, 0.5) is 4.79 Å². The molecule has 6 nitrogen and oxygen atoms in total. The topological polar surface area (TPSA) is 68.7 Å². The van der Waals surface area contributed by atoms with Crippen molar-refractivity contribution < 1.29 is 19.1 Å². The number of methoxy groups -OCH3 is 1. The number of carbonyl (C=O) groups excluding carboxylic acids is 2. The Labute approximate surface area is 212 Å². The molecule has 0 unspecified atom stereocenters. The summed E-state index contributed by atoms with van der Waals surface area (Å²) in [7, 11) is 1.55. The normalized spacial score (nSPS) is 14.8. The predicted molar refractivity (Wildman–Crippen MR) is 135 cm³/mol. The molecule has 2 amide bonds. The van der Waals surface area contributed by atoms with Gasteiger partial charge in [0.2, 0.25) is 0 Å². The van der Waals surface area contributed by atoms with Gasteiger partial charge in [-0.25, -0.2) is 0 Å². The quantitative estimate of drug-likeness (QED) is 0.296. The van der Waals surface area contributed by atoms with Crippen molar-refractivity contribution in [3.8, 4) is 11.5 Å². The van der Waals surface area contributed by atoms with Gasteiger partial charge in [-0.3, -0.25) is 19.5 Å². The van der Waals surface area contributed by atoms with Gasteiger partial charge in [-0.15, -0.1) is 0 Å². The second-order valence-corrected chi connectivity index (χ2v) is 9.74. The average Bonchev–Trinajstić information content (AvgIpc) is 3.07. The number of imide groups is 1. The number of amides is 2. The molecule has 3 aromatic rings. The molecule has 1 fully saturated rings. The summed E-state index contributed by atoms with van der Waals surface area (Å²) in [6.45, 7) is 0.559. The van der Waals surface area contributed by atoms with Crippen molar-refractivity contribution in [2.45, 2.75) is 13.2 Å². The number of aromatic nitrogens is 1. The molecule has 1 aromatic heterocycles. The molecule has 1 aliphatic rings. The van der Waals surface area contributed by atoms with E-state index < -0.39 is 0 Å². The minimum Gasteiger partial charge on any atom is -0.493 e. The fourth-order valence-electron chi connectivity index (χ4n) is 3.18. The summed E-state index contributed by atoms with van der Waals surface area (Å²) in [6, 6.07) is 14.9.